The summed E-state index contributed by atoms with van der Waals surface area (Å²) in [5.41, 5.74) is 1.92. The summed E-state index contributed by atoms with van der Waals surface area (Å²) in [5, 5.41) is 3.46. The van der Waals surface area contributed by atoms with Crippen molar-refractivity contribution in [2.45, 2.75) is 12.2 Å². The van der Waals surface area contributed by atoms with E-state index in [1.807, 2.05) is 0 Å². The highest BCUT2D eigenvalue weighted by Gasteiger charge is 2.44. The number of ether oxygens (including phenoxy) is 2. The summed E-state index contributed by atoms with van der Waals surface area (Å²) in [4.78, 5) is 28.4. The van der Waals surface area contributed by atoms with E-state index in [1.54, 1.807) is 65.4 Å². The van der Waals surface area contributed by atoms with E-state index in [0.717, 1.165) is 5.69 Å². The number of amides is 3. The van der Waals surface area contributed by atoms with Gasteiger partial charge in [0.2, 0.25) is 0 Å². The van der Waals surface area contributed by atoms with Crippen molar-refractivity contribution >= 4 is 34.9 Å². The van der Waals surface area contributed by atoms with Crippen molar-refractivity contribution in [1.82, 2.24) is 4.90 Å². The van der Waals surface area contributed by atoms with Gasteiger partial charge in [0, 0.05) is 42.0 Å². The van der Waals surface area contributed by atoms with Gasteiger partial charge in [-0.15, -0.1) is 0 Å². The van der Waals surface area contributed by atoms with Crippen molar-refractivity contribution in [3.8, 4) is 0 Å². The summed E-state index contributed by atoms with van der Waals surface area (Å²) >= 11 is 5.88. The number of likely N-dealkylation sites (tertiary alicyclic amines) is 1. The lowest BCUT2D eigenvalue weighted by Crippen LogP contribution is -2.38. The van der Waals surface area contributed by atoms with Crippen molar-refractivity contribution < 1.29 is 19.1 Å². The number of carbonyl (C=O) groups excluding carboxylic acids is 2. The average molecular weight is 416 g/mol. The van der Waals surface area contributed by atoms with E-state index in [-0.39, 0.29) is 11.9 Å². The maximum absolute atomic E-state index is 12.6. The van der Waals surface area contributed by atoms with E-state index in [0.29, 0.717) is 49.0 Å². The van der Waals surface area contributed by atoms with Gasteiger partial charge in [0.1, 0.15) is 0 Å². The van der Waals surface area contributed by atoms with Crippen LogP contribution in [0.25, 0.3) is 0 Å². The second kappa shape index (κ2) is 8.02. The summed E-state index contributed by atoms with van der Waals surface area (Å²) in [5.74, 6) is -0.774. The molecule has 7 nitrogen and oxygen atoms in total. The second-order valence-electron chi connectivity index (χ2n) is 7.13. The molecule has 0 aromatic heterocycles. The lowest BCUT2D eigenvalue weighted by atomic mass is 10.2. The monoisotopic (exact) mass is 415 g/mol. The standard InChI is InChI=1S/C21H22ClN3O4/c1-24(19(26)15-2-4-16(22)5-3-15)18-8-6-17(7-9-18)23-20(27)25-11-10-21(14-25)28-12-13-29-21/h2-9H,10-14H2,1H3,(H,23,27). The number of hydrogen-bond acceptors (Lipinski definition) is 4. The van der Waals surface area contributed by atoms with Crippen molar-refractivity contribution in [3.63, 3.8) is 0 Å². The highest BCUT2D eigenvalue weighted by atomic mass is 35.5. The molecule has 4 rings (SSSR count). The van der Waals surface area contributed by atoms with Crippen LogP contribution < -0.4 is 10.2 Å². The molecule has 0 bridgehead atoms. The number of carbonyl (C=O) groups is 2. The maximum Gasteiger partial charge on any atom is 0.322 e. The number of urea groups is 1. The zero-order valence-corrected chi connectivity index (χ0v) is 16.8. The molecule has 1 N–H and O–H groups in total. The Balaban J connectivity index is 1.37. The molecule has 2 fully saturated rings. The van der Waals surface area contributed by atoms with Gasteiger partial charge in [-0.05, 0) is 48.5 Å². The van der Waals surface area contributed by atoms with Crippen LogP contribution in [0, 0.1) is 0 Å². The fourth-order valence-electron chi connectivity index (χ4n) is 3.53. The molecule has 8 heteroatoms. The van der Waals surface area contributed by atoms with Crippen LogP contribution in [-0.2, 0) is 9.47 Å². The Morgan fingerprint density at radius 2 is 1.72 bits per heavy atom. The quantitative estimate of drug-likeness (QED) is 0.831. The van der Waals surface area contributed by atoms with Crippen LogP contribution in [0.5, 0.6) is 0 Å². The van der Waals surface area contributed by atoms with E-state index in [4.69, 9.17) is 21.1 Å². The maximum atomic E-state index is 12.6. The number of nitrogens with one attached hydrogen (secondary N) is 1. The molecule has 2 aromatic rings. The molecule has 152 valence electrons. The fourth-order valence-corrected chi connectivity index (χ4v) is 3.66. The molecule has 2 aliphatic rings. The third-order valence-electron chi connectivity index (χ3n) is 5.20. The van der Waals surface area contributed by atoms with Gasteiger partial charge in [-0.1, -0.05) is 11.6 Å². The molecule has 0 unspecified atom stereocenters. The molecular formula is C21H22ClN3O4. The molecule has 2 aromatic carbocycles. The third kappa shape index (κ3) is 4.22. The van der Waals surface area contributed by atoms with Crippen LogP contribution in [0.15, 0.2) is 48.5 Å². The summed E-state index contributed by atoms with van der Waals surface area (Å²) < 4.78 is 11.3. The lowest BCUT2D eigenvalue weighted by molar-refractivity contribution is -0.143. The Morgan fingerprint density at radius 3 is 2.38 bits per heavy atom. The van der Waals surface area contributed by atoms with Gasteiger partial charge in [-0.3, -0.25) is 4.79 Å². The number of nitrogens with zero attached hydrogens (tertiary/aromatic N) is 2. The first-order valence-corrected chi connectivity index (χ1v) is 9.81. The van der Waals surface area contributed by atoms with Crippen molar-refractivity contribution in [2.24, 2.45) is 0 Å². The fraction of sp³-hybridized carbons (Fsp3) is 0.333. The zero-order valence-electron chi connectivity index (χ0n) is 16.1. The van der Waals surface area contributed by atoms with Crippen LogP contribution in [0.2, 0.25) is 5.02 Å². The van der Waals surface area contributed by atoms with E-state index in [1.165, 1.54) is 0 Å². The molecule has 2 heterocycles. The summed E-state index contributed by atoms with van der Waals surface area (Å²) in [7, 11) is 1.70. The highest BCUT2D eigenvalue weighted by molar-refractivity contribution is 6.30. The summed E-state index contributed by atoms with van der Waals surface area (Å²) in [6.07, 6.45) is 0.678. The van der Waals surface area contributed by atoms with E-state index < -0.39 is 5.79 Å². The number of benzene rings is 2. The van der Waals surface area contributed by atoms with Gasteiger partial charge in [-0.25, -0.2) is 4.79 Å². The van der Waals surface area contributed by atoms with Gasteiger partial charge in [0.05, 0.1) is 19.8 Å². The third-order valence-corrected chi connectivity index (χ3v) is 5.45. The zero-order chi connectivity index (χ0) is 20.4. The molecule has 29 heavy (non-hydrogen) atoms. The minimum Gasteiger partial charge on any atom is -0.346 e. The molecule has 2 saturated heterocycles. The average Bonchev–Trinajstić information content (AvgIpc) is 3.38. The van der Waals surface area contributed by atoms with Gasteiger partial charge in [0.15, 0.2) is 5.79 Å². The highest BCUT2D eigenvalue weighted by Crippen LogP contribution is 2.30. The molecular weight excluding hydrogens is 394 g/mol. The molecule has 0 aliphatic carbocycles. The minimum atomic E-state index is -0.633. The molecule has 1 spiro atoms. The predicted molar refractivity (Wildman–Crippen MR) is 110 cm³/mol. The Morgan fingerprint density at radius 1 is 1.07 bits per heavy atom. The number of rotatable bonds is 3. The normalized spacial score (nSPS) is 17.5. The van der Waals surface area contributed by atoms with E-state index >= 15 is 0 Å². The van der Waals surface area contributed by atoms with Gasteiger partial charge in [0.25, 0.3) is 5.91 Å². The van der Waals surface area contributed by atoms with Gasteiger partial charge >= 0.3 is 6.03 Å². The van der Waals surface area contributed by atoms with Gasteiger partial charge < -0.3 is 24.6 Å². The van der Waals surface area contributed by atoms with Crippen LogP contribution in [0.4, 0.5) is 16.2 Å². The predicted octanol–water partition coefficient (Wildman–Crippen LogP) is 3.60. The first-order valence-electron chi connectivity index (χ1n) is 9.43. The van der Waals surface area contributed by atoms with Crippen LogP contribution in [-0.4, -0.2) is 56.0 Å². The first kappa shape index (κ1) is 19.7. The smallest absolute Gasteiger partial charge is 0.322 e. The van der Waals surface area contributed by atoms with Crippen LogP contribution >= 0.6 is 11.6 Å². The number of anilines is 2. The molecule has 2 aliphatic heterocycles. The minimum absolute atomic E-state index is 0.141. The van der Waals surface area contributed by atoms with Gasteiger partial charge in [-0.2, -0.15) is 0 Å². The summed E-state index contributed by atoms with van der Waals surface area (Å²) in [6, 6.07) is 13.7. The Labute approximate surface area is 174 Å². The first-order chi connectivity index (χ1) is 14.0. The Hall–Kier alpha value is -2.61. The largest absolute Gasteiger partial charge is 0.346 e. The van der Waals surface area contributed by atoms with E-state index in [9.17, 15) is 9.59 Å². The van der Waals surface area contributed by atoms with Crippen molar-refractivity contribution in [2.75, 3.05) is 43.6 Å². The molecule has 0 saturated carbocycles. The Bertz CT molecular complexity index is 895. The lowest BCUT2D eigenvalue weighted by Gasteiger charge is -2.22. The SMILES string of the molecule is CN(C(=O)c1ccc(Cl)cc1)c1ccc(NC(=O)N2CCC3(C2)OCCO3)cc1. The molecule has 0 atom stereocenters. The molecule has 0 radical (unpaired) electrons. The topological polar surface area (TPSA) is 71.1 Å². The number of hydrogen-bond donors (Lipinski definition) is 1. The van der Waals surface area contributed by atoms with Crippen LogP contribution in [0.3, 0.4) is 0 Å². The molecule has 3 amide bonds. The van der Waals surface area contributed by atoms with Crippen LogP contribution in [0.1, 0.15) is 16.8 Å². The Kier molecular flexibility index (Phi) is 5.45. The van der Waals surface area contributed by atoms with Crippen molar-refractivity contribution in [3.05, 3.63) is 59.1 Å². The second-order valence-corrected chi connectivity index (χ2v) is 7.56. The van der Waals surface area contributed by atoms with E-state index in [2.05, 4.69) is 5.32 Å². The summed E-state index contributed by atoms with van der Waals surface area (Å²) in [6.45, 7) is 2.15. The number of halogens is 1. The van der Waals surface area contributed by atoms with Crippen molar-refractivity contribution in [1.29, 1.82) is 0 Å².